The molecule has 4 rings (SSSR count). The van der Waals surface area contributed by atoms with Gasteiger partial charge in [-0.15, -0.1) is 0 Å². The number of nitrogen functional groups attached to an aromatic ring is 1. The lowest BCUT2D eigenvalue weighted by Crippen LogP contribution is -2.25. The smallest absolute Gasteiger partial charge is 0.253 e. The molecule has 1 amide bonds. The predicted molar refractivity (Wildman–Crippen MR) is 121 cm³/mol. The van der Waals surface area contributed by atoms with Crippen molar-refractivity contribution >= 4 is 27.3 Å². The second kappa shape index (κ2) is 8.84. The van der Waals surface area contributed by atoms with Crippen LogP contribution in [0.15, 0.2) is 59.9 Å². The lowest BCUT2D eigenvalue weighted by Gasteiger charge is -2.06. The van der Waals surface area contributed by atoms with Crippen molar-refractivity contribution in [3.05, 3.63) is 66.1 Å². The molecule has 11 nitrogen and oxygen atoms in total. The third-order valence-electron chi connectivity index (χ3n) is 5.02. The Morgan fingerprint density at radius 1 is 1.15 bits per heavy atom. The van der Waals surface area contributed by atoms with Crippen LogP contribution in [-0.2, 0) is 16.4 Å². The van der Waals surface area contributed by atoms with Gasteiger partial charge in [-0.1, -0.05) is 12.1 Å². The number of nitrogens with two attached hydrogens (primary N) is 2. The summed E-state index contributed by atoms with van der Waals surface area (Å²) in [4.78, 5) is 21.1. The molecule has 1 aromatic carbocycles. The fourth-order valence-corrected chi connectivity index (χ4v) is 3.90. The van der Waals surface area contributed by atoms with Gasteiger partial charge < -0.3 is 15.8 Å². The molecular formula is C21H21N7O4S. The molecule has 3 aromatic heterocycles. The number of benzene rings is 1. The minimum atomic E-state index is -3.75. The fraction of sp³-hybridized carbons (Fsp3) is 0.143. The summed E-state index contributed by atoms with van der Waals surface area (Å²) >= 11 is 0. The summed E-state index contributed by atoms with van der Waals surface area (Å²) in [6.07, 6.45) is 3.40. The van der Waals surface area contributed by atoms with Crippen LogP contribution in [0.2, 0.25) is 0 Å². The van der Waals surface area contributed by atoms with Crippen molar-refractivity contribution in [3.8, 4) is 17.1 Å². The lowest BCUT2D eigenvalue weighted by atomic mass is 10.1. The van der Waals surface area contributed by atoms with E-state index in [-0.39, 0.29) is 16.6 Å². The number of nitrogens with one attached hydrogen (secondary N) is 1. The average molecular weight is 468 g/mol. The summed E-state index contributed by atoms with van der Waals surface area (Å²) in [6, 6.07) is 11.4. The van der Waals surface area contributed by atoms with Crippen LogP contribution in [0, 0.1) is 0 Å². The summed E-state index contributed by atoms with van der Waals surface area (Å²) in [5, 5.41) is 12.2. The summed E-state index contributed by atoms with van der Waals surface area (Å²) in [7, 11) is -2.23. The number of hydrogen-bond donors (Lipinski definition) is 3. The average Bonchev–Trinajstić information content (AvgIpc) is 3.20. The van der Waals surface area contributed by atoms with E-state index >= 15 is 0 Å². The van der Waals surface area contributed by atoms with E-state index in [1.54, 1.807) is 41.0 Å². The number of anilines is 1. The number of fused-ring (bicyclic) bond motifs is 1. The van der Waals surface area contributed by atoms with Crippen LogP contribution >= 0.6 is 0 Å². The van der Waals surface area contributed by atoms with Gasteiger partial charge in [0, 0.05) is 24.4 Å². The van der Waals surface area contributed by atoms with Gasteiger partial charge in [-0.25, -0.2) is 28.0 Å². The lowest BCUT2D eigenvalue weighted by molar-refractivity contribution is 0.0956. The maximum absolute atomic E-state index is 13.0. The monoisotopic (exact) mass is 467 g/mol. The van der Waals surface area contributed by atoms with Gasteiger partial charge in [-0.3, -0.25) is 4.79 Å². The van der Waals surface area contributed by atoms with E-state index in [9.17, 15) is 13.2 Å². The molecule has 170 valence electrons. The van der Waals surface area contributed by atoms with Crippen molar-refractivity contribution in [2.45, 2.75) is 11.3 Å². The quantitative estimate of drug-likeness (QED) is 0.362. The Balaban J connectivity index is 1.57. The first-order valence-electron chi connectivity index (χ1n) is 9.80. The Morgan fingerprint density at radius 3 is 2.61 bits per heavy atom. The predicted octanol–water partition coefficient (Wildman–Crippen LogP) is 1.00. The molecule has 0 fully saturated rings. The van der Waals surface area contributed by atoms with Gasteiger partial charge in [0.1, 0.15) is 11.8 Å². The zero-order valence-electron chi connectivity index (χ0n) is 17.6. The van der Waals surface area contributed by atoms with E-state index in [0.717, 1.165) is 11.1 Å². The van der Waals surface area contributed by atoms with Crippen molar-refractivity contribution < 1.29 is 17.9 Å². The molecular weight excluding hydrogens is 446 g/mol. The number of nitrogens with zero attached hydrogens (tertiary/aromatic N) is 4. The fourth-order valence-electron chi connectivity index (χ4n) is 3.39. The molecule has 0 spiro atoms. The second-order valence-electron chi connectivity index (χ2n) is 7.13. The molecule has 0 radical (unpaired) electrons. The Kier molecular flexibility index (Phi) is 5.94. The maximum atomic E-state index is 13.0. The number of aromatic nitrogens is 4. The van der Waals surface area contributed by atoms with Crippen molar-refractivity contribution in [1.82, 2.24) is 24.9 Å². The van der Waals surface area contributed by atoms with Crippen LogP contribution in [0.1, 0.15) is 15.9 Å². The molecule has 4 aromatic rings. The molecule has 0 unspecified atom stereocenters. The minimum absolute atomic E-state index is 0.0336. The summed E-state index contributed by atoms with van der Waals surface area (Å²) in [5.41, 5.74) is 8.99. The number of primary sulfonamides is 1. The summed E-state index contributed by atoms with van der Waals surface area (Å²) in [5.74, 6) is 0.243. The Bertz CT molecular complexity index is 1430. The van der Waals surface area contributed by atoms with Crippen LogP contribution in [0.5, 0.6) is 5.88 Å². The number of pyridine rings is 1. The van der Waals surface area contributed by atoms with E-state index in [0.29, 0.717) is 35.6 Å². The third-order valence-corrected chi connectivity index (χ3v) is 5.95. The number of methoxy groups -OCH3 is 1. The van der Waals surface area contributed by atoms with Gasteiger partial charge in [0.25, 0.3) is 5.91 Å². The van der Waals surface area contributed by atoms with Crippen molar-refractivity contribution in [2.24, 2.45) is 5.14 Å². The largest absolute Gasteiger partial charge is 0.481 e. The van der Waals surface area contributed by atoms with Gasteiger partial charge in [0.2, 0.25) is 15.9 Å². The normalized spacial score (nSPS) is 11.5. The molecule has 0 bridgehead atoms. The number of sulfonamides is 1. The number of carbonyl (C=O) groups is 1. The van der Waals surface area contributed by atoms with Crippen molar-refractivity contribution in [3.63, 3.8) is 0 Å². The van der Waals surface area contributed by atoms with E-state index in [2.05, 4.69) is 20.4 Å². The van der Waals surface area contributed by atoms with E-state index < -0.39 is 10.0 Å². The molecule has 0 aliphatic heterocycles. The second-order valence-corrected chi connectivity index (χ2v) is 8.69. The standard InChI is InChI=1S/C21H21N7O4S/c1-32-18-10-14(7-9-24-18)17-11-16(19-20(22)26-12-27-28(17)19)21(29)25-8-6-13-2-4-15(5-3-13)33(23,30)31/h2-5,7,9-12H,6,8H2,1H3,(H,25,29)(H2,22,26,27)(H2,23,30,31). The summed E-state index contributed by atoms with van der Waals surface area (Å²) in [6.45, 7) is 0.316. The van der Waals surface area contributed by atoms with Gasteiger partial charge in [0.05, 0.1) is 23.3 Å². The van der Waals surface area contributed by atoms with Gasteiger partial charge in [-0.05, 0) is 36.2 Å². The first kappa shape index (κ1) is 22.2. The number of amides is 1. The molecule has 0 aliphatic rings. The highest BCUT2D eigenvalue weighted by Crippen LogP contribution is 2.29. The van der Waals surface area contributed by atoms with Gasteiger partial charge in [-0.2, -0.15) is 5.10 Å². The number of carbonyl (C=O) groups excluding carboxylic acids is 1. The van der Waals surface area contributed by atoms with Crippen LogP contribution < -0.4 is 20.9 Å². The Hall–Kier alpha value is -4.03. The Morgan fingerprint density at radius 2 is 1.91 bits per heavy atom. The van der Waals surface area contributed by atoms with Crippen LogP contribution in [0.4, 0.5) is 5.82 Å². The highest BCUT2D eigenvalue weighted by Gasteiger charge is 2.20. The molecule has 33 heavy (non-hydrogen) atoms. The molecule has 0 saturated carbocycles. The molecule has 0 atom stereocenters. The number of rotatable bonds is 7. The van der Waals surface area contributed by atoms with Gasteiger partial charge in [0.15, 0.2) is 5.82 Å². The topological polar surface area (TPSA) is 168 Å². The minimum Gasteiger partial charge on any atom is -0.481 e. The first-order chi connectivity index (χ1) is 15.8. The molecule has 12 heteroatoms. The molecule has 3 heterocycles. The highest BCUT2D eigenvalue weighted by atomic mass is 32.2. The van der Waals surface area contributed by atoms with Crippen LogP contribution in [0.25, 0.3) is 16.8 Å². The van der Waals surface area contributed by atoms with Crippen LogP contribution in [-0.4, -0.2) is 47.6 Å². The summed E-state index contributed by atoms with van der Waals surface area (Å²) < 4.78 is 29.5. The number of hydrogen-bond acceptors (Lipinski definition) is 8. The zero-order chi connectivity index (χ0) is 23.6. The zero-order valence-corrected chi connectivity index (χ0v) is 18.4. The SMILES string of the molecule is COc1cc(-c2cc(C(=O)NCCc3ccc(S(N)(=O)=O)cc3)c3c(N)ncnn23)ccn1. The van der Waals surface area contributed by atoms with Crippen molar-refractivity contribution in [2.75, 3.05) is 19.4 Å². The maximum Gasteiger partial charge on any atom is 0.253 e. The molecule has 0 aliphatic carbocycles. The van der Waals surface area contributed by atoms with Crippen LogP contribution in [0.3, 0.4) is 0 Å². The third kappa shape index (κ3) is 4.61. The van der Waals surface area contributed by atoms with E-state index in [4.69, 9.17) is 15.6 Å². The van der Waals surface area contributed by atoms with E-state index in [1.807, 2.05) is 0 Å². The Labute approximate surface area is 189 Å². The first-order valence-corrected chi connectivity index (χ1v) is 11.3. The highest BCUT2D eigenvalue weighted by molar-refractivity contribution is 7.89. The molecule has 5 N–H and O–H groups in total. The van der Waals surface area contributed by atoms with Crippen molar-refractivity contribution in [1.29, 1.82) is 0 Å². The molecule has 0 saturated heterocycles. The van der Waals surface area contributed by atoms with E-state index in [1.165, 1.54) is 25.6 Å². The van der Waals surface area contributed by atoms with Gasteiger partial charge >= 0.3 is 0 Å². The number of ether oxygens (including phenoxy) is 1.